The lowest BCUT2D eigenvalue weighted by atomic mass is 9.93. The normalized spacial score (nSPS) is 19.0. The van der Waals surface area contributed by atoms with Crippen LogP contribution in [-0.2, 0) is 16.2 Å². The van der Waals surface area contributed by atoms with Gasteiger partial charge in [-0.3, -0.25) is 29.6 Å². The first kappa shape index (κ1) is 45.5. The molecule has 5 heterocycles. The second-order valence-electron chi connectivity index (χ2n) is 17.5. The third kappa shape index (κ3) is 7.26. The number of benzene rings is 6. The highest BCUT2D eigenvalue weighted by atomic mass is 19.1. The van der Waals surface area contributed by atoms with Crippen LogP contribution in [0.25, 0.3) is 22.1 Å². The van der Waals surface area contributed by atoms with Gasteiger partial charge in [0.05, 0.1) is 33.3 Å². The molecule has 6 N–H and O–H groups in total. The highest BCUT2D eigenvalue weighted by Crippen LogP contribution is 2.48. The van der Waals surface area contributed by atoms with E-state index in [4.69, 9.17) is 11.2 Å². The predicted molar refractivity (Wildman–Crippen MR) is 260 cm³/mol. The number of fused-ring (bicyclic) bond motifs is 4. The number of nitrogens with one attached hydrogen (secondary N) is 3. The molecule has 0 saturated carbocycles. The molecule has 11 rings (SSSR count). The number of amides is 4. The maximum atomic E-state index is 15.9. The summed E-state index contributed by atoms with van der Waals surface area (Å²) >= 11 is 0. The Morgan fingerprint density at radius 3 is 2.00 bits per heavy atom. The lowest BCUT2D eigenvalue weighted by molar-refractivity contribution is 0.0691. The van der Waals surface area contributed by atoms with E-state index in [-0.39, 0.29) is 62.2 Å². The number of imidazole rings is 2. The molecule has 1 saturated heterocycles. The molecule has 1 fully saturated rings. The summed E-state index contributed by atoms with van der Waals surface area (Å²) < 4.78 is 35.6. The van der Waals surface area contributed by atoms with Crippen LogP contribution in [-0.4, -0.2) is 90.0 Å². The van der Waals surface area contributed by atoms with Gasteiger partial charge in [-0.05, 0) is 85.6 Å². The summed E-state index contributed by atoms with van der Waals surface area (Å²) in [5.41, 5.74) is -1.82. The number of halogens is 2. The van der Waals surface area contributed by atoms with E-state index >= 15 is 4.39 Å². The van der Waals surface area contributed by atoms with Gasteiger partial charge in [0.2, 0.25) is 11.9 Å². The van der Waals surface area contributed by atoms with Crippen molar-refractivity contribution in [3.05, 3.63) is 178 Å². The number of likely N-dealkylation sites (tertiary alicyclic amines) is 1. The van der Waals surface area contributed by atoms with Crippen LogP contribution >= 0.6 is 0 Å². The number of hydrogen-bond acceptors (Lipinski definition) is 10. The summed E-state index contributed by atoms with van der Waals surface area (Å²) in [5.74, 6) is -0.465. The van der Waals surface area contributed by atoms with E-state index < -0.39 is 59.9 Å². The van der Waals surface area contributed by atoms with E-state index in [1.807, 2.05) is 4.90 Å². The molecule has 8 aromatic rings. The number of ether oxygens (including phenoxy) is 1. The molecule has 17 nitrogen and oxygen atoms in total. The second kappa shape index (κ2) is 17.5. The van der Waals surface area contributed by atoms with Crippen molar-refractivity contribution in [1.29, 1.82) is 0 Å². The lowest BCUT2D eigenvalue weighted by Crippen LogP contribution is -2.55. The quantitative estimate of drug-likeness (QED) is 0.0722. The fraction of sp³-hybridized carbons (Fsp3) is 0.170. The Kier molecular flexibility index (Phi) is 11.0. The van der Waals surface area contributed by atoms with Crippen molar-refractivity contribution in [3.8, 4) is 12.3 Å². The van der Waals surface area contributed by atoms with Gasteiger partial charge < -0.3 is 30.0 Å². The van der Waals surface area contributed by atoms with Crippen molar-refractivity contribution in [2.24, 2.45) is 0 Å². The van der Waals surface area contributed by atoms with Crippen LogP contribution in [0.1, 0.15) is 67.8 Å². The van der Waals surface area contributed by atoms with Crippen LogP contribution in [0.5, 0.6) is 0 Å². The highest BCUT2D eigenvalue weighted by molar-refractivity contribution is 6.13. The molecule has 0 aliphatic carbocycles. The fourth-order valence-electron chi connectivity index (χ4n) is 10.1. The molecule has 3 atom stereocenters. The maximum absolute atomic E-state index is 15.9. The number of nitrogens with zero attached hydrogens (tertiary/aromatic N) is 6. The van der Waals surface area contributed by atoms with E-state index in [0.717, 1.165) is 29.1 Å². The smallest absolute Gasteiger partial charge is 0.415 e. The van der Waals surface area contributed by atoms with Gasteiger partial charge in [-0.25, -0.2) is 33.2 Å². The van der Waals surface area contributed by atoms with Crippen molar-refractivity contribution in [2.75, 3.05) is 39.7 Å². The van der Waals surface area contributed by atoms with Gasteiger partial charge in [0.15, 0.2) is 17.3 Å². The molecule has 6 aromatic carbocycles. The Bertz CT molecular complexity index is 3570. The molecule has 0 radical (unpaired) electrons. The van der Waals surface area contributed by atoms with Crippen molar-refractivity contribution in [2.45, 2.75) is 36.9 Å². The molecule has 3 aliphatic rings. The Balaban J connectivity index is 0.868. The van der Waals surface area contributed by atoms with Crippen LogP contribution in [0.2, 0.25) is 0 Å². The van der Waals surface area contributed by atoms with Gasteiger partial charge in [0.1, 0.15) is 18.6 Å². The topological polar surface area (TPSA) is 221 Å². The SMILES string of the molecule is C#Cc1cccc(N2C(=O)c3ccccc3C2(O)c2ccc3[nH]c(N(C(=O)O)C(COC(=O)Nc4nc5cc(C6(O)c7ccccc7C(=O)N6c6ccc(F)cc6)ccc5[nH]4)N4CCCCC4)nc3c2)c1F. The first-order valence-corrected chi connectivity index (χ1v) is 22.8. The minimum atomic E-state index is -2.25. The number of carboxylic acid groups (broad SMARTS) is 1. The standard InChI is InChI=1S/C53H41F2N9O8/c1-2-30-11-10-16-43(45(30)55)64-47(66)36-13-5-7-15-38(36)53(64,71)32-18-24-40-42(28-32)59-49(58-40)62(51(68)69)44(61-25-8-3-9-26-61)29-72-50(67)60-48-56-39-23-17-31(27-41(39)57-48)52(70)37-14-6-4-12-35(37)46(65)63(52)34-21-19-33(54)20-22-34/h1,4-7,10-24,27-28,44,70-71H,3,8-9,25-26,29H2,(H,58,59)(H,68,69)(H2,56,57,60,67). The maximum Gasteiger partial charge on any atom is 0.415 e. The van der Waals surface area contributed by atoms with Crippen molar-refractivity contribution in [3.63, 3.8) is 0 Å². The molecule has 0 spiro atoms. The Morgan fingerprint density at radius 2 is 1.36 bits per heavy atom. The average molecular weight is 970 g/mol. The minimum absolute atomic E-state index is 0.0339. The van der Waals surface area contributed by atoms with Crippen LogP contribution < -0.4 is 20.0 Å². The number of anilines is 4. The van der Waals surface area contributed by atoms with Crippen LogP contribution in [0.3, 0.4) is 0 Å². The van der Waals surface area contributed by atoms with Gasteiger partial charge in [0.25, 0.3) is 11.8 Å². The van der Waals surface area contributed by atoms with Gasteiger partial charge >= 0.3 is 12.2 Å². The van der Waals surface area contributed by atoms with Crippen molar-refractivity contribution in [1.82, 2.24) is 24.8 Å². The molecule has 2 aromatic heterocycles. The van der Waals surface area contributed by atoms with E-state index in [9.17, 15) is 38.9 Å². The number of carbonyl (C=O) groups is 4. The number of aromatic nitrogens is 4. The molecular formula is C53H41F2N9O8. The number of piperidine rings is 1. The molecule has 72 heavy (non-hydrogen) atoms. The zero-order chi connectivity index (χ0) is 50.1. The summed E-state index contributed by atoms with van der Waals surface area (Å²) in [7, 11) is 0. The van der Waals surface area contributed by atoms with Crippen LogP contribution in [0.4, 0.5) is 41.6 Å². The molecule has 0 bridgehead atoms. The van der Waals surface area contributed by atoms with Crippen molar-refractivity contribution >= 4 is 69.3 Å². The first-order chi connectivity index (χ1) is 34.8. The van der Waals surface area contributed by atoms with Crippen LogP contribution in [0, 0.1) is 24.0 Å². The molecular weight excluding hydrogens is 929 g/mol. The summed E-state index contributed by atoms with van der Waals surface area (Å²) in [5, 5.41) is 38.6. The third-order valence-electron chi connectivity index (χ3n) is 13.5. The van der Waals surface area contributed by atoms with Gasteiger partial charge in [0, 0.05) is 52.2 Å². The monoisotopic (exact) mass is 969 g/mol. The van der Waals surface area contributed by atoms with Gasteiger partial charge in [-0.15, -0.1) is 6.42 Å². The van der Waals surface area contributed by atoms with Crippen LogP contribution in [0.15, 0.2) is 127 Å². The lowest BCUT2D eigenvalue weighted by Gasteiger charge is -2.38. The van der Waals surface area contributed by atoms with E-state index in [1.54, 1.807) is 66.7 Å². The van der Waals surface area contributed by atoms with Crippen molar-refractivity contribution < 1.29 is 48.0 Å². The predicted octanol–water partition coefficient (Wildman–Crippen LogP) is 7.95. The summed E-state index contributed by atoms with van der Waals surface area (Å²) in [6, 6.07) is 31.7. The average Bonchev–Trinajstić information content (AvgIpc) is 4.12. The number of aromatic amines is 2. The number of H-pyrrole nitrogens is 2. The third-order valence-corrected chi connectivity index (χ3v) is 13.5. The zero-order valence-electron chi connectivity index (χ0n) is 37.8. The van der Waals surface area contributed by atoms with Gasteiger partial charge in [-0.2, -0.15) is 0 Å². The summed E-state index contributed by atoms with van der Waals surface area (Å²) in [6.07, 6.45) is 4.49. The zero-order valence-corrected chi connectivity index (χ0v) is 37.8. The number of rotatable bonds is 10. The number of carbonyl (C=O) groups excluding carboxylic acids is 3. The summed E-state index contributed by atoms with van der Waals surface area (Å²) in [6.45, 7) is 0.495. The molecule has 19 heteroatoms. The number of aliphatic hydroxyl groups is 2. The Labute approximate surface area is 407 Å². The fourth-order valence-corrected chi connectivity index (χ4v) is 10.1. The molecule has 3 unspecified atom stereocenters. The molecule has 4 amide bonds. The summed E-state index contributed by atoms with van der Waals surface area (Å²) in [4.78, 5) is 74.8. The second-order valence-corrected chi connectivity index (χ2v) is 17.5. The van der Waals surface area contributed by atoms with E-state index in [0.29, 0.717) is 35.2 Å². The van der Waals surface area contributed by atoms with E-state index in [2.05, 4.69) is 31.2 Å². The molecule has 3 aliphatic heterocycles. The highest BCUT2D eigenvalue weighted by Gasteiger charge is 2.53. The molecule has 360 valence electrons. The minimum Gasteiger partial charge on any atom is -0.465 e. The number of terminal acetylenes is 1. The number of hydrogen-bond donors (Lipinski definition) is 6. The largest absolute Gasteiger partial charge is 0.465 e. The Hall–Kier alpha value is -8.96. The first-order valence-electron chi connectivity index (χ1n) is 22.8. The van der Waals surface area contributed by atoms with Gasteiger partial charge in [-0.1, -0.05) is 66.9 Å². The Morgan fingerprint density at radius 1 is 0.764 bits per heavy atom. The van der Waals surface area contributed by atoms with E-state index in [1.165, 1.54) is 65.6 Å².